The van der Waals surface area contributed by atoms with Crippen LogP contribution >= 0.6 is 0 Å². The number of imidazole rings is 1. The predicted molar refractivity (Wildman–Crippen MR) is 255 cm³/mol. The molecule has 61 heavy (non-hydrogen) atoms. The minimum atomic E-state index is -0.112. The fraction of sp³-hybridized carbons (Fsp3) is 0.158. The Labute approximate surface area is 359 Å². The van der Waals surface area contributed by atoms with Crippen LogP contribution in [0.1, 0.15) is 58.2 Å². The van der Waals surface area contributed by atoms with Crippen molar-refractivity contribution in [3.05, 3.63) is 193 Å². The Morgan fingerprint density at radius 1 is 0.459 bits per heavy atom. The van der Waals surface area contributed by atoms with Crippen LogP contribution < -0.4 is 0 Å². The third-order valence-corrected chi connectivity index (χ3v) is 11.8. The number of aryl methyl sites for hydroxylation is 1. The van der Waals surface area contributed by atoms with Crippen molar-refractivity contribution in [2.24, 2.45) is 0 Å². The lowest BCUT2D eigenvalue weighted by Gasteiger charge is -2.24. The molecule has 300 valence electrons. The lowest BCUT2D eigenvalue weighted by molar-refractivity contribution is 0.477. The van der Waals surface area contributed by atoms with Crippen LogP contribution in [-0.4, -0.2) is 19.6 Å². The van der Waals surface area contributed by atoms with Gasteiger partial charge in [-0.1, -0.05) is 162 Å². The number of hydrogen-bond acceptors (Lipinski definition) is 3. The number of nitrogens with zero attached hydrogens (tertiary/aromatic N) is 3. The van der Waals surface area contributed by atoms with Gasteiger partial charge in [-0.2, -0.15) is 0 Å². The Bertz CT molecular complexity index is 3030. The molecule has 0 aliphatic heterocycles. The molecule has 0 saturated carbocycles. The van der Waals surface area contributed by atoms with E-state index in [1.54, 1.807) is 6.07 Å². The first-order chi connectivity index (χ1) is 29.3. The van der Waals surface area contributed by atoms with E-state index in [1.165, 1.54) is 16.7 Å². The third kappa shape index (κ3) is 7.78. The molecule has 9 rings (SSSR count). The Morgan fingerprint density at radius 3 is 1.80 bits per heavy atom. The van der Waals surface area contributed by atoms with Crippen molar-refractivity contribution >= 4 is 11.0 Å². The van der Waals surface area contributed by atoms with Crippen molar-refractivity contribution in [3.63, 3.8) is 0 Å². The molecule has 0 unspecified atom stereocenters. The van der Waals surface area contributed by atoms with E-state index in [4.69, 9.17) is 9.97 Å². The Hall–Kier alpha value is -7.04. The van der Waals surface area contributed by atoms with Crippen LogP contribution in [0.2, 0.25) is 0 Å². The number of aromatic nitrogens is 3. The zero-order valence-corrected chi connectivity index (χ0v) is 36.0. The Morgan fingerprint density at radius 2 is 1.08 bits per heavy atom. The second kappa shape index (κ2) is 15.5. The van der Waals surface area contributed by atoms with Crippen molar-refractivity contribution in [1.29, 1.82) is 0 Å². The van der Waals surface area contributed by atoms with Crippen LogP contribution in [0, 0.1) is 6.92 Å². The van der Waals surface area contributed by atoms with Gasteiger partial charge < -0.3 is 5.11 Å². The first kappa shape index (κ1) is 39.4. The zero-order valence-electron chi connectivity index (χ0n) is 36.0. The highest BCUT2D eigenvalue weighted by Crippen LogP contribution is 2.43. The van der Waals surface area contributed by atoms with Crippen LogP contribution in [0.25, 0.3) is 83.9 Å². The van der Waals surface area contributed by atoms with Crippen molar-refractivity contribution in [3.8, 4) is 78.6 Å². The summed E-state index contributed by atoms with van der Waals surface area (Å²) in [4.78, 5) is 10.5. The summed E-state index contributed by atoms with van der Waals surface area (Å²) in [5, 5.41) is 11.5. The van der Waals surface area contributed by atoms with Gasteiger partial charge in [0.15, 0.2) is 0 Å². The van der Waals surface area contributed by atoms with Gasteiger partial charge in [0, 0.05) is 22.9 Å². The molecule has 0 aliphatic carbocycles. The molecule has 2 heterocycles. The average molecular weight is 794 g/mol. The number of aromatic hydroxyl groups is 1. The molecule has 4 heteroatoms. The second-order valence-electron chi connectivity index (χ2n) is 18.2. The molecule has 0 aliphatic rings. The van der Waals surface area contributed by atoms with Gasteiger partial charge in [0.05, 0.1) is 28.0 Å². The highest BCUT2D eigenvalue weighted by molar-refractivity contribution is 5.98. The van der Waals surface area contributed by atoms with Crippen LogP contribution in [0.5, 0.6) is 5.75 Å². The number of para-hydroxylation sites is 2. The molecule has 0 radical (unpaired) electrons. The third-order valence-electron chi connectivity index (χ3n) is 11.8. The zero-order chi connectivity index (χ0) is 42.5. The van der Waals surface area contributed by atoms with Gasteiger partial charge in [0.2, 0.25) is 0 Å². The molecule has 7 aromatic carbocycles. The molecule has 0 spiro atoms. The maximum Gasteiger partial charge on any atom is 0.149 e. The molecule has 2 aromatic heterocycles. The molecular formula is C57H51N3O. The summed E-state index contributed by atoms with van der Waals surface area (Å²) < 4.78 is 2.25. The Balaban J connectivity index is 1.30. The molecular weight excluding hydrogens is 743 g/mol. The van der Waals surface area contributed by atoms with Gasteiger partial charge in [-0.25, -0.2) is 4.98 Å². The molecule has 0 fully saturated rings. The predicted octanol–water partition coefficient (Wildman–Crippen LogP) is 15.0. The summed E-state index contributed by atoms with van der Waals surface area (Å²) in [7, 11) is 0. The summed E-state index contributed by atoms with van der Waals surface area (Å²) >= 11 is 0. The lowest BCUT2D eigenvalue weighted by Crippen LogP contribution is -2.13. The van der Waals surface area contributed by atoms with E-state index >= 15 is 0 Å². The molecule has 1 N–H and O–H groups in total. The number of benzene rings is 7. The molecule has 4 nitrogen and oxygen atoms in total. The molecule has 0 saturated heterocycles. The Kier molecular flexibility index (Phi) is 10.0. The summed E-state index contributed by atoms with van der Waals surface area (Å²) in [6.07, 6.45) is 1.90. The maximum atomic E-state index is 11.5. The van der Waals surface area contributed by atoms with Crippen LogP contribution in [-0.2, 0) is 10.8 Å². The van der Waals surface area contributed by atoms with E-state index in [9.17, 15) is 5.11 Å². The first-order valence-electron chi connectivity index (χ1n) is 21.1. The smallest absolute Gasteiger partial charge is 0.149 e. The van der Waals surface area contributed by atoms with E-state index in [1.807, 2.05) is 24.4 Å². The van der Waals surface area contributed by atoms with Gasteiger partial charge in [-0.3, -0.25) is 9.55 Å². The second-order valence-corrected chi connectivity index (χ2v) is 18.2. The summed E-state index contributed by atoms with van der Waals surface area (Å²) in [6.45, 7) is 15.6. The van der Waals surface area contributed by atoms with Crippen molar-refractivity contribution < 1.29 is 5.11 Å². The minimum absolute atomic E-state index is 0.0318. The van der Waals surface area contributed by atoms with Crippen LogP contribution in [0.15, 0.2) is 176 Å². The number of rotatable bonds is 7. The lowest BCUT2D eigenvalue weighted by atomic mass is 9.84. The van der Waals surface area contributed by atoms with Gasteiger partial charge >= 0.3 is 0 Å². The fourth-order valence-corrected chi connectivity index (χ4v) is 8.24. The minimum Gasteiger partial charge on any atom is -0.507 e. The summed E-state index contributed by atoms with van der Waals surface area (Å²) in [6, 6.07) is 59.9. The number of fused-ring (bicyclic) bond motifs is 1. The topological polar surface area (TPSA) is 50.9 Å². The largest absolute Gasteiger partial charge is 0.507 e. The van der Waals surface area contributed by atoms with E-state index in [2.05, 4.69) is 199 Å². The van der Waals surface area contributed by atoms with Gasteiger partial charge in [-0.15, -0.1) is 0 Å². The number of hydrogen-bond donors (Lipinski definition) is 1. The highest BCUT2D eigenvalue weighted by Gasteiger charge is 2.25. The van der Waals surface area contributed by atoms with Crippen molar-refractivity contribution in [1.82, 2.24) is 14.5 Å². The standard InChI is InChI=1S/C57H51N3O/c1-37-20-22-39(23-21-37)41-30-31-58-50(35-41)44-33-42(38-14-9-8-10-15-38)32-43(34-44)48-17-13-18-51-54(48)59-55(49-16-11-12-19-53(49)61)60(51)52-36-46(57(5,6)7)28-29-47(52)40-24-26-45(27-25-40)56(2,3)4/h8-36,61H,1-7H3. The quantitative estimate of drug-likeness (QED) is 0.175. The van der Waals surface area contributed by atoms with E-state index in [0.717, 1.165) is 72.5 Å². The molecule has 0 amide bonds. The van der Waals surface area contributed by atoms with Crippen LogP contribution in [0.3, 0.4) is 0 Å². The summed E-state index contributed by atoms with van der Waals surface area (Å²) in [5.41, 5.74) is 17.7. The van der Waals surface area contributed by atoms with E-state index in [-0.39, 0.29) is 16.6 Å². The van der Waals surface area contributed by atoms with Gasteiger partial charge in [0.25, 0.3) is 0 Å². The summed E-state index contributed by atoms with van der Waals surface area (Å²) in [5.74, 6) is 0.850. The van der Waals surface area contributed by atoms with Crippen LogP contribution in [0.4, 0.5) is 0 Å². The fourth-order valence-electron chi connectivity index (χ4n) is 8.24. The molecule has 0 atom stereocenters. The van der Waals surface area contributed by atoms with Crippen molar-refractivity contribution in [2.45, 2.75) is 59.3 Å². The first-order valence-corrected chi connectivity index (χ1v) is 21.1. The number of phenolic OH excluding ortho intramolecular Hbond substituents is 1. The normalized spacial score (nSPS) is 11.9. The molecule has 9 aromatic rings. The van der Waals surface area contributed by atoms with E-state index < -0.39 is 0 Å². The van der Waals surface area contributed by atoms with Gasteiger partial charge in [-0.05, 0) is 117 Å². The average Bonchev–Trinajstić information content (AvgIpc) is 3.66. The SMILES string of the molecule is Cc1ccc(-c2ccnc(-c3cc(-c4ccccc4)cc(-c4cccc5c4nc(-c4ccccc4O)n5-c4cc(C(C)(C)C)ccc4-c4ccc(C(C)(C)C)cc4)c3)c2)cc1. The van der Waals surface area contributed by atoms with E-state index in [0.29, 0.717) is 11.4 Å². The number of phenols is 1. The van der Waals surface area contributed by atoms with Gasteiger partial charge in [0.1, 0.15) is 11.6 Å². The van der Waals surface area contributed by atoms with Crippen molar-refractivity contribution in [2.75, 3.05) is 0 Å². The number of pyridine rings is 1. The maximum absolute atomic E-state index is 11.5. The molecule has 0 bridgehead atoms. The highest BCUT2D eigenvalue weighted by atomic mass is 16.3. The monoisotopic (exact) mass is 793 g/mol.